The number of sulfonamides is 1. The van der Waals surface area contributed by atoms with E-state index in [2.05, 4.69) is 0 Å². The van der Waals surface area contributed by atoms with Crippen molar-refractivity contribution in [1.82, 2.24) is 4.31 Å². The van der Waals surface area contributed by atoms with Crippen LogP contribution in [0.2, 0.25) is 0 Å². The lowest BCUT2D eigenvalue weighted by atomic mass is 10.1. The molecule has 0 amide bonds. The average Bonchev–Trinajstić information content (AvgIpc) is 2.45. The maximum atomic E-state index is 12.5. The minimum absolute atomic E-state index is 0.0223. The second-order valence-corrected chi connectivity index (χ2v) is 8.05. The first-order valence-corrected chi connectivity index (χ1v) is 9.92. The largest absolute Gasteiger partial charge is 0.243 e. The molecular weight excluding hydrogens is 314 g/mol. The first-order chi connectivity index (χ1) is 9.43. The summed E-state index contributed by atoms with van der Waals surface area (Å²) in [6.07, 6.45) is 3.75. The first-order valence-electron chi connectivity index (χ1n) is 6.55. The molecule has 0 aromatic heterocycles. The van der Waals surface area contributed by atoms with Gasteiger partial charge in [-0.05, 0) is 43.7 Å². The van der Waals surface area contributed by atoms with Gasteiger partial charge in [0, 0.05) is 24.7 Å². The number of nitrogens with zero attached hydrogens (tertiary/aromatic N) is 1. The van der Waals surface area contributed by atoms with Crippen LogP contribution < -0.4 is 0 Å². The van der Waals surface area contributed by atoms with Gasteiger partial charge in [0.2, 0.25) is 10.0 Å². The molecule has 6 heteroatoms. The van der Waals surface area contributed by atoms with Crippen molar-refractivity contribution in [1.29, 1.82) is 0 Å². The molecule has 0 N–H and O–H groups in total. The van der Waals surface area contributed by atoms with E-state index < -0.39 is 10.0 Å². The lowest BCUT2D eigenvalue weighted by molar-refractivity contribution is 0.415. The predicted molar refractivity (Wildman–Crippen MR) is 88.3 cm³/mol. The van der Waals surface area contributed by atoms with Crippen LogP contribution in [0.3, 0.4) is 0 Å². The van der Waals surface area contributed by atoms with Crippen LogP contribution in [0.4, 0.5) is 0 Å². The number of halogens is 1. The van der Waals surface area contributed by atoms with Crippen molar-refractivity contribution in [2.24, 2.45) is 0 Å². The fourth-order valence-electron chi connectivity index (χ4n) is 1.85. The van der Waals surface area contributed by atoms with Crippen molar-refractivity contribution in [2.75, 3.05) is 24.9 Å². The van der Waals surface area contributed by atoms with E-state index in [0.29, 0.717) is 10.8 Å². The molecule has 20 heavy (non-hydrogen) atoms. The smallest absolute Gasteiger partial charge is 0.207 e. The Balaban J connectivity index is 2.87. The first kappa shape index (κ1) is 17.8. The molecule has 0 saturated heterocycles. The maximum absolute atomic E-state index is 12.5. The fraction of sp³-hybridized carbons (Fsp3) is 0.571. The third kappa shape index (κ3) is 4.65. The summed E-state index contributed by atoms with van der Waals surface area (Å²) in [5, 5.41) is 0. The van der Waals surface area contributed by atoms with Crippen molar-refractivity contribution in [3.8, 4) is 0 Å². The van der Waals surface area contributed by atoms with Gasteiger partial charge in [-0.2, -0.15) is 16.1 Å². The Hall–Kier alpha value is -0.230. The Morgan fingerprint density at radius 2 is 1.90 bits per heavy atom. The average molecular weight is 336 g/mol. The van der Waals surface area contributed by atoms with E-state index in [1.54, 1.807) is 30.9 Å². The second-order valence-electron chi connectivity index (χ2n) is 4.76. The summed E-state index contributed by atoms with van der Waals surface area (Å²) in [7, 11) is -1.77. The third-order valence-electron chi connectivity index (χ3n) is 3.23. The van der Waals surface area contributed by atoms with Crippen molar-refractivity contribution < 1.29 is 8.42 Å². The van der Waals surface area contributed by atoms with E-state index >= 15 is 0 Å². The minimum atomic E-state index is -3.40. The van der Waals surface area contributed by atoms with Gasteiger partial charge in [0.15, 0.2) is 0 Å². The van der Waals surface area contributed by atoms with Gasteiger partial charge in [-0.1, -0.05) is 12.1 Å². The SMILES string of the molecule is CSCC(C)N(C)S(=O)(=O)c1ccc(CCCCl)cc1. The highest BCUT2D eigenvalue weighted by atomic mass is 35.5. The topological polar surface area (TPSA) is 37.4 Å². The molecule has 114 valence electrons. The molecule has 0 fully saturated rings. The van der Waals surface area contributed by atoms with E-state index in [1.807, 2.05) is 25.3 Å². The van der Waals surface area contributed by atoms with Gasteiger partial charge in [-0.3, -0.25) is 0 Å². The van der Waals surface area contributed by atoms with Gasteiger partial charge >= 0.3 is 0 Å². The van der Waals surface area contributed by atoms with Gasteiger partial charge in [-0.15, -0.1) is 11.6 Å². The number of thioether (sulfide) groups is 1. The lowest BCUT2D eigenvalue weighted by Crippen LogP contribution is -2.36. The second kappa shape index (κ2) is 8.27. The van der Waals surface area contributed by atoms with Gasteiger partial charge in [0.1, 0.15) is 0 Å². The molecule has 3 nitrogen and oxygen atoms in total. The lowest BCUT2D eigenvalue weighted by Gasteiger charge is -2.23. The van der Waals surface area contributed by atoms with Crippen LogP contribution in [0.15, 0.2) is 29.2 Å². The zero-order chi connectivity index (χ0) is 15.2. The Labute approximate surface area is 131 Å². The molecule has 0 bridgehead atoms. The van der Waals surface area contributed by atoms with E-state index in [4.69, 9.17) is 11.6 Å². The highest BCUT2D eigenvalue weighted by Crippen LogP contribution is 2.19. The molecule has 0 aliphatic rings. The molecule has 0 saturated carbocycles. The van der Waals surface area contributed by atoms with Gasteiger partial charge in [0.05, 0.1) is 4.90 Å². The molecule has 1 unspecified atom stereocenters. The molecular formula is C14H22ClNO2S2. The summed E-state index contributed by atoms with van der Waals surface area (Å²) in [5.41, 5.74) is 1.12. The van der Waals surface area contributed by atoms with E-state index in [1.165, 1.54) is 4.31 Å². The molecule has 0 heterocycles. The highest BCUT2D eigenvalue weighted by Gasteiger charge is 2.24. The molecule has 0 aliphatic heterocycles. The highest BCUT2D eigenvalue weighted by molar-refractivity contribution is 7.98. The van der Waals surface area contributed by atoms with Crippen LogP contribution in [-0.4, -0.2) is 43.7 Å². The Morgan fingerprint density at radius 3 is 2.40 bits per heavy atom. The third-order valence-corrected chi connectivity index (χ3v) is 6.30. The van der Waals surface area contributed by atoms with Crippen LogP contribution in [0.5, 0.6) is 0 Å². The number of rotatable bonds is 8. The number of aryl methyl sites for hydroxylation is 1. The predicted octanol–water partition coefficient (Wildman–Crippen LogP) is 3.23. The van der Waals surface area contributed by atoms with E-state index in [9.17, 15) is 8.42 Å². The van der Waals surface area contributed by atoms with Crippen molar-refractivity contribution >= 4 is 33.4 Å². The van der Waals surface area contributed by atoms with Crippen molar-refractivity contribution in [3.63, 3.8) is 0 Å². The van der Waals surface area contributed by atoms with Crippen molar-refractivity contribution in [3.05, 3.63) is 29.8 Å². The summed E-state index contributed by atoms with van der Waals surface area (Å²) in [4.78, 5) is 0.350. The summed E-state index contributed by atoms with van der Waals surface area (Å²) in [5.74, 6) is 1.40. The normalized spacial score (nSPS) is 13.7. The Bertz CT molecular complexity index is 502. The number of benzene rings is 1. The van der Waals surface area contributed by atoms with Gasteiger partial charge in [0.25, 0.3) is 0 Å². The molecule has 0 aliphatic carbocycles. The minimum Gasteiger partial charge on any atom is -0.207 e. The summed E-state index contributed by atoms with van der Waals surface area (Å²) >= 11 is 7.30. The molecule has 1 rings (SSSR count). The fourth-order valence-corrected chi connectivity index (χ4v) is 4.14. The van der Waals surface area contributed by atoms with Crippen LogP contribution in [0.25, 0.3) is 0 Å². The monoisotopic (exact) mass is 335 g/mol. The Morgan fingerprint density at radius 1 is 1.30 bits per heavy atom. The zero-order valence-corrected chi connectivity index (χ0v) is 14.6. The van der Waals surface area contributed by atoms with Gasteiger partial charge < -0.3 is 0 Å². The molecule has 0 spiro atoms. The molecule has 1 aromatic carbocycles. The zero-order valence-electron chi connectivity index (χ0n) is 12.2. The summed E-state index contributed by atoms with van der Waals surface area (Å²) < 4.78 is 26.4. The molecule has 1 atom stereocenters. The number of hydrogen-bond acceptors (Lipinski definition) is 3. The van der Waals surface area contributed by atoms with Crippen molar-refractivity contribution in [2.45, 2.75) is 30.7 Å². The summed E-state index contributed by atoms with van der Waals surface area (Å²) in [6, 6.07) is 7.08. The quantitative estimate of drug-likeness (QED) is 0.684. The molecule has 0 radical (unpaired) electrons. The standard InChI is InChI=1S/C14H22ClNO2S2/c1-12(11-19-3)16(2)20(17,18)14-8-6-13(7-9-14)5-4-10-15/h6-9,12H,4-5,10-11H2,1-3H3. The maximum Gasteiger partial charge on any atom is 0.243 e. The van der Waals surface area contributed by atoms with E-state index in [-0.39, 0.29) is 6.04 Å². The van der Waals surface area contributed by atoms with E-state index in [0.717, 1.165) is 24.2 Å². The summed E-state index contributed by atoms with van der Waals surface area (Å²) in [6.45, 7) is 1.92. The van der Waals surface area contributed by atoms with Crippen LogP contribution in [0.1, 0.15) is 18.9 Å². The van der Waals surface area contributed by atoms with Crippen LogP contribution in [0, 0.1) is 0 Å². The van der Waals surface area contributed by atoms with Gasteiger partial charge in [-0.25, -0.2) is 8.42 Å². The molecule has 1 aromatic rings. The van der Waals surface area contributed by atoms with Crippen LogP contribution >= 0.6 is 23.4 Å². The Kier molecular flexibility index (Phi) is 7.37. The number of alkyl halides is 1. The number of hydrogen-bond donors (Lipinski definition) is 0. The van der Waals surface area contributed by atoms with Crippen LogP contribution in [-0.2, 0) is 16.4 Å².